The van der Waals surface area contributed by atoms with E-state index in [9.17, 15) is 0 Å². The normalized spacial score (nSPS) is 12.7. The van der Waals surface area contributed by atoms with E-state index in [1.165, 1.54) is 0 Å². The van der Waals surface area contributed by atoms with Gasteiger partial charge in [-0.25, -0.2) is 0 Å². The van der Waals surface area contributed by atoms with Gasteiger partial charge < -0.3 is 10.3 Å². The average molecular weight is 317 g/mol. The van der Waals surface area contributed by atoms with Gasteiger partial charge in [-0.15, -0.1) is 0 Å². The van der Waals surface area contributed by atoms with E-state index in [-0.39, 0.29) is 6.04 Å². The largest absolute Gasteiger partial charge is 0.334 e. The zero-order valence-corrected chi connectivity index (χ0v) is 11.5. The molecule has 0 amide bonds. The Labute approximate surface area is 112 Å². The lowest BCUT2D eigenvalue weighted by Gasteiger charge is -2.01. The molecule has 0 bridgehead atoms. The number of benzene rings is 1. The van der Waals surface area contributed by atoms with Crippen molar-refractivity contribution in [1.29, 1.82) is 0 Å². The average Bonchev–Trinajstić information content (AvgIpc) is 2.81. The van der Waals surface area contributed by atoms with Gasteiger partial charge in [-0.2, -0.15) is 4.98 Å². The van der Waals surface area contributed by atoms with Crippen LogP contribution in [-0.4, -0.2) is 10.1 Å². The molecule has 2 aromatic rings. The van der Waals surface area contributed by atoms with Gasteiger partial charge >= 0.3 is 0 Å². The van der Waals surface area contributed by atoms with Crippen LogP contribution in [0.15, 0.2) is 27.2 Å². The molecule has 1 heterocycles. The molecule has 0 aliphatic heterocycles. The zero-order valence-electron chi connectivity index (χ0n) is 9.15. The van der Waals surface area contributed by atoms with Gasteiger partial charge in [0.1, 0.15) is 0 Å². The van der Waals surface area contributed by atoms with E-state index in [0.29, 0.717) is 22.3 Å². The fourth-order valence-electron chi connectivity index (χ4n) is 1.35. The van der Waals surface area contributed by atoms with E-state index in [4.69, 9.17) is 21.9 Å². The molecule has 4 nitrogen and oxygen atoms in total. The third kappa shape index (κ3) is 2.51. The molecule has 0 aliphatic rings. The molecule has 0 aliphatic carbocycles. The van der Waals surface area contributed by atoms with Gasteiger partial charge in [0.15, 0.2) is 5.82 Å². The van der Waals surface area contributed by atoms with Crippen molar-refractivity contribution in [3.8, 4) is 11.5 Å². The van der Waals surface area contributed by atoms with E-state index in [2.05, 4.69) is 26.1 Å². The van der Waals surface area contributed by atoms with E-state index in [1.54, 1.807) is 0 Å². The van der Waals surface area contributed by atoms with Crippen molar-refractivity contribution in [2.24, 2.45) is 5.73 Å². The number of halogens is 2. The predicted octanol–water partition coefficient (Wildman–Crippen LogP) is 3.56. The lowest BCUT2D eigenvalue weighted by molar-refractivity contribution is 0.415. The number of rotatable bonds is 3. The fraction of sp³-hybridized carbons (Fsp3) is 0.273. The minimum Gasteiger partial charge on any atom is -0.334 e. The van der Waals surface area contributed by atoms with Gasteiger partial charge in [-0.3, -0.25) is 0 Å². The Bertz CT molecular complexity index is 529. The van der Waals surface area contributed by atoms with Crippen LogP contribution in [-0.2, 0) is 0 Å². The first kappa shape index (κ1) is 12.5. The Morgan fingerprint density at radius 2 is 2.29 bits per heavy atom. The summed E-state index contributed by atoms with van der Waals surface area (Å²) < 4.78 is 5.95. The molecule has 0 fully saturated rings. The maximum absolute atomic E-state index is 6.14. The van der Waals surface area contributed by atoms with Gasteiger partial charge in [0.25, 0.3) is 5.89 Å². The summed E-state index contributed by atoms with van der Waals surface area (Å²) in [5.41, 5.74) is 6.52. The van der Waals surface area contributed by atoms with Crippen LogP contribution in [0, 0.1) is 0 Å². The van der Waals surface area contributed by atoms with Crippen molar-refractivity contribution in [1.82, 2.24) is 10.1 Å². The van der Waals surface area contributed by atoms with Gasteiger partial charge in [-0.1, -0.05) is 29.7 Å². The molecule has 2 rings (SSSR count). The van der Waals surface area contributed by atoms with Gasteiger partial charge in [0.05, 0.1) is 16.6 Å². The summed E-state index contributed by atoms with van der Waals surface area (Å²) >= 11 is 9.49. The van der Waals surface area contributed by atoms with Crippen molar-refractivity contribution in [3.63, 3.8) is 0 Å². The van der Waals surface area contributed by atoms with E-state index in [1.807, 2.05) is 25.1 Å². The third-order valence-corrected chi connectivity index (χ3v) is 3.69. The molecule has 6 heteroatoms. The molecule has 1 aromatic carbocycles. The molecule has 0 spiro atoms. The van der Waals surface area contributed by atoms with Gasteiger partial charge in [-0.05, 0) is 34.5 Å². The second-order valence-electron chi connectivity index (χ2n) is 3.57. The number of nitrogens with two attached hydrogens (primary N) is 1. The van der Waals surface area contributed by atoms with Crippen LogP contribution in [0.3, 0.4) is 0 Å². The predicted molar refractivity (Wildman–Crippen MR) is 69.7 cm³/mol. The molecule has 2 N–H and O–H groups in total. The highest BCUT2D eigenvalue weighted by molar-refractivity contribution is 9.10. The highest BCUT2D eigenvalue weighted by Crippen LogP contribution is 2.32. The molecule has 1 unspecified atom stereocenters. The molecular formula is C11H11BrClN3O. The maximum atomic E-state index is 6.14. The first-order valence-electron chi connectivity index (χ1n) is 5.17. The monoisotopic (exact) mass is 315 g/mol. The molecule has 0 radical (unpaired) electrons. The first-order valence-corrected chi connectivity index (χ1v) is 6.34. The van der Waals surface area contributed by atoms with E-state index in [0.717, 1.165) is 10.9 Å². The lowest BCUT2D eigenvalue weighted by atomic mass is 10.2. The van der Waals surface area contributed by atoms with Crippen LogP contribution in [0.2, 0.25) is 5.02 Å². The van der Waals surface area contributed by atoms with Crippen LogP contribution in [0.1, 0.15) is 25.2 Å². The van der Waals surface area contributed by atoms with Crippen LogP contribution in [0.25, 0.3) is 11.5 Å². The van der Waals surface area contributed by atoms with Gasteiger partial charge in [0, 0.05) is 4.47 Å². The third-order valence-electron chi connectivity index (χ3n) is 2.40. The highest BCUT2D eigenvalue weighted by Gasteiger charge is 2.16. The molecule has 17 heavy (non-hydrogen) atoms. The summed E-state index contributed by atoms with van der Waals surface area (Å²) in [7, 11) is 0. The summed E-state index contributed by atoms with van der Waals surface area (Å²) in [6, 6.07) is 5.32. The molecule has 1 atom stereocenters. The number of hydrogen-bond acceptors (Lipinski definition) is 4. The molecule has 1 aromatic heterocycles. The van der Waals surface area contributed by atoms with Crippen molar-refractivity contribution in [2.75, 3.05) is 0 Å². The summed E-state index contributed by atoms with van der Waals surface area (Å²) in [6.07, 6.45) is 0.755. The van der Waals surface area contributed by atoms with Crippen LogP contribution in [0.4, 0.5) is 0 Å². The second-order valence-corrected chi connectivity index (χ2v) is 4.81. The minimum atomic E-state index is -0.210. The Balaban J connectivity index is 2.40. The quantitative estimate of drug-likeness (QED) is 0.940. The lowest BCUT2D eigenvalue weighted by Crippen LogP contribution is -2.10. The van der Waals surface area contributed by atoms with Gasteiger partial charge in [0.2, 0.25) is 0 Å². The van der Waals surface area contributed by atoms with E-state index >= 15 is 0 Å². The number of aromatic nitrogens is 2. The molecule has 90 valence electrons. The number of hydrogen-bond donors (Lipinski definition) is 1. The first-order chi connectivity index (χ1) is 8.13. The van der Waals surface area contributed by atoms with Crippen molar-refractivity contribution >= 4 is 27.5 Å². The molecule has 0 saturated heterocycles. The topological polar surface area (TPSA) is 64.9 Å². The maximum Gasteiger partial charge on any atom is 0.259 e. The Hall–Kier alpha value is -0.910. The van der Waals surface area contributed by atoms with Crippen molar-refractivity contribution in [3.05, 3.63) is 33.5 Å². The second kappa shape index (κ2) is 5.16. The smallest absolute Gasteiger partial charge is 0.259 e. The zero-order chi connectivity index (χ0) is 12.4. The number of nitrogens with zero attached hydrogens (tertiary/aromatic N) is 2. The Morgan fingerprint density at radius 1 is 1.53 bits per heavy atom. The van der Waals surface area contributed by atoms with Crippen molar-refractivity contribution in [2.45, 2.75) is 19.4 Å². The molecule has 0 saturated carbocycles. The summed E-state index contributed by atoms with van der Waals surface area (Å²) in [5, 5.41) is 4.40. The van der Waals surface area contributed by atoms with Crippen LogP contribution >= 0.6 is 27.5 Å². The Morgan fingerprint density at radius 3 is 3.00 bits per heavy atom. The van der Waals surface area contributed by atoms with E-state index < -0.39 is 0 Å². The molecular weight excluding hydrogens is 305 g/mol. The standard InChI is InChI=1S/C11H11BrClN3O/c1-2-8(14)10-15-11(17-16-10)6-4-3-5-7(12)9(6)13/h3-5,8H,2,14H2,1H3. The fourth-order valence-corrected chi connectivity index (χ4v) is 1.92. The summed E-state index contributed by atoms with van der Waals surface area (Å²) in [6.45, 7) is 1.97. The highest BCUT2D eigenvalue weighted by atomic mass is 79.9. The van der Waals surface area contributed by atoms with Crippen molar-refractivity contribution < 1.29 is 4.52 Å². The SMILES string of the molecule is CCC(N)c1noc(-c2cccc(Br)c2Cl)n1. The van der Waals surface area contributed by atoms with Crippen LogP contribution in [0.5, 0.6) is 0 Å². The van der Waals surface area contributed by atoms with Crippen LogP contribution < -0.4 is 5.73 Å². The Kier molecular flexibility index (Phi) is 3.81. The summed E-state index contributed by atoms with van der Waals surface area (Å²) in [5.74, 6) is 0.883. The summed E-state index contributed by atoms with van der Waals surface area (Å²) in [4.78, 5) is 4.25. The minimum absolute atomic E-state index is 0.210.